The zero-order valence-corrected chi connectivity index (χ0v) is 21.2. The molecule has 4 aromatic rings. The van der Waals surface area contributed by atoms with Crippen molar-refractivity contribution in [2.24, 2.45) is 0 Å². The Bertz CT molecular complexity index is 1550. The van der Waals surface area contributed by atoms with Crippen LogP contribution in [0.5, 0.6) is 0 Å². The Morgan fingerprint density at radius 3 is 2.59 bits per heavy atom. The van der Waals surface area contributed by atoms with Crippen LogP contribution in [-0.4, -0.2) is 51.5 Å². The van der Waals surface area contributed by atoms with Crippen LogP contribution in [0.25, 0.3) is 16.9 Å². The normalized spacial score (nSPS) is 11.3. The van der Waals surface area contributed by atoms with Gasteiger partial charge in [-0.1, -0.05) is 11.2 Å². The summed E-state index contributed by atoms with van der Waals surface area (Å²) in [6.45, 7) is 7.07. The largest absolute Gasteiger partial charge is 0.463 e. The zero-order valence-electron chi connectivity index (χ0n) is 21.2. The third kappa shape index (κ3) is 5.13. The molecular weight excluding hydrogens is 480 g/mol. The van der Waals surface area contributed by atoms with E-state index in [0.29, 0.717) is 5.82 Å². The Balaban J connectivity index is 1.82. The second kappa shape index (κ2) is 9.72. The van der Waals surface area contributed by atoms with Gasteiger partial charge in [0.2, 0.25) is 0 Å². The van der Waals surface area contributed by atoms with Gasteiger partial charge in [-0.2, -0.15) is 0 Å². The topological polar surface area (TPSA) is 142 Å². The molecule has 0 atom stereocenters. The number of carbonyl (C=O) groups is 2. The van der Waals surface area contributed by atoms with Gasteiger partial charge in [-0.3, -0.25) is 14.3 Å². The number of fused-ring (bicyclic) bond motifs is 1. The van der Waals surface area contributed by atoms with Crippen LogP contribution in [0, 0.1) is 6.92 Å². The van der Waals surface area contributed by atoms with E-state index in [-0.39, 0.29) is 39.5 Å². The molecule has 0 saturated carbocycles. The van der Waals surface area contributed by atoms with E-state index in [1.54, 1.807) is 51.4 Å². The number of esters is 1. The number of carbonyl (C=O) groups excluding carboxylic acids is 2. The second-order valence-corrected chi connectivity index (χ2v) is 9.13. The first-order valence-corrected chi connectivity index (χ1v) is 11.3. The molecule has 0 spiro atoms. The smallest absolute Gasteiger partial charge is 0.414 e. The lowest BCUT2D eigenvalue weighted by atomic mass is 10.2. The van der Waals surface area contributed by atoms with E-state index in [2.05, 4.69) is 20.4 Å². The number of hydrogen-bond donors (Lipinski definition) is 1. The quantitative estimate of drug-likeness (QED) is 0.395. The third-order valence-electron chi connectivity index (χ3n) is 5.24. The summed E-state index contributed by atoms with van der Waals surface area (Å²) < 4.78 is 16.8. The number of nitrogens with one attached hydrogen (secondary N) is 1. The summed E-state index contributed by atoms with van der Waals surface area (Å²) in [5.41, 5.74) is 0.270. The Morgan fingerprint density at radius 2 is 1.92 bits per heavy atom. The fourth-order valence-electron chi connectivity index (χ4n) is 3.51. The van der Waals surface area contributed by atoms with Crippen molar-refractivity contribution < 1.29 is 23.6 Å². The predicted octanol–water partition coefficient (Wildman–Crippen LogP) is 3.98. The van der Waals surface area contributed by atoms with Crippen molar-refractivity contribution in [1.29, 1.82) is 0 Å². The van der Waals surface area contributed by atoms with Gasteiger partial charge in [-0.05, 0) is 51.5 Å². The third-order valence-corrected chi connectivity index (χ3v) is 5.24. The summed E-state index contributed by atoms with van der Waals surface area (Å²) in [4.78, 5) is 48.3. The van der Waals surface area contributed by atoms with Crippen molar-refractivity contribution in [3.63, 3.8) is 0 Å². The van der Waals surface area contributed by atoms with Gasteiger partial charge in [0.05, 0.1) is 12.8 Å². The molecule has 0 aliphatic heterocycles. The summed E-state index contributed by atoms with van der Waals surface area (Å²) in [7, 11) is 2.68. The fourth-order valence-corrected chi connectivity index (χ4v) is 3.51. The molecule has 0 aliphatic rings. The molecular formula is C25H26N6O6. The number of amides is 1. The molecule has 1 N–H and O–H groups in total. The Kier molecular flexibility index (Phi) is 6.66. The van der Waals surface area contributed by atoms with Gasteiger partial charge < -0.3 is 19.3 Å². The highest BCUT2D eigenvalue weighted by Gasteiger charge is 2.27. The van der Waals surface area contributed by atoms with Gasteiger partial charge >= 0.3 is 12.1 Å². The number of nitrogens with zero attached hydrogens (tertiary/aromatic N) is 5. The number of ether oxygens (including phenoxy) is 2. The lowest BCUT2D eigenvalue weighted by molar-refractivity contribution is 0.0554. The first-order valence-electron chi connectivity index (χ1n) is 11.3. The maximum absolute atomic E-state index is 13.3. The number of hydrogen-bond acceptors (Lipinski definition) is 10. The molecule has 0 unspecified atom stereocenters. The van der Waals surface area contributed by atoms with E-state index < -0.39 is 17.7 Å². The van der Waals surface area contributed by atoms with Crippen molar-refractivity contribution in [3.8, 4) is 5.82 Å². The Labute approximate surface area is 211 Å². The van der Waals surface area contributed by atoms with E-state index in [9.17, 15) is 14.4 Å². The van der Waals surface area contributed by atoms with Crippen molar-refractivity contribution in [2.45, 2.75) is 33.3 Å². The second-order valence-electron chi connectivity index (χ2n) is 9.13. The monoisotopic (exact) mass is 506 g/mol. The molecule has 0 aromatic carbocycles. The highest BCUT2D eigenvalue weighted by Crippen LogP contribution is 2.31. The minimum Gasteiger partial charge on any atom is -0.463 e. The highest BCUT2D eigenvalue weighted by atomic mass is 16.6. The minimum absolute atomic E-state index is 0.0408. The highest BCUT2D eigenvalue weighted by molar-refractivity contribution is 6.06. The molecule has 4 aromatic heterocycles. The lowest BCUT2D eigenvalue weighted by Gasteiger charge is -2.25. The average molecular weight is 507 g/mol. The molecule has 12 nitrogen and oxygen atoms in total. The van der Waals surface area contributed by atoms with Gasteiger partial charge in [-0.25, -0.2) is 19.6 Å². The summed E-state index contributed by atoms with van der Waals surface area (Å²) in [5, 5.41) is 6.90. The van der Waals surface area contributed by atoms with Crippen LogP contribution in [0.2, 0.25) is 0 Å². The maximum Gasteiger partial charge on any atom is 0.414 e. The number of aromatic nitrogens is 4. The Hall–Kier alpha value is -4.74. The molecule has 192 valence electrons. The summed E-state index contributed by atoms with van der Waals surface area (Å²) in [6, 6.07) is 8.39. The van der Waals surface area contributed by atoms with Crippen LogP contribution >= 0.6 is 0 Å². The number of anilines is 3. The van der Waals surface area contributed by atoms with Crippen molar-refractivity contribution in [2.75, 3.05) is 24.4 Å². The number of aryl methyl sites for hydroxylation is 1. The standard InChI is InChI=1S/C25H26N6O6/c1-14-9-7-11-26-21(14)31-12-8-10-15(22(31)32)27-17-13-16(30(5)24(34)36-25(2,3)4)18-19(28-17)20(37-29-18)23(33)35-6/h7-13H,1-6H3,(H,27,28). The van der Waals surface area contributed by atoms with E-state index >= 15 is 0 Å². The molecule has 0 radical (unpaired) electrons. The molecule has 0 bridgehead atoms. The van der Waals surface area contributed by atoms with E-state index in [4.69, 9.17) is 14.0 Å². The van der Waals surface area contributed by atoms with E-state index in [1.165, 1.54) is 29.7 Å². The maximum atomic E-state index is 13.3. The molecule has 0 saturated heterocycles. The van der Waals surface area contributed by atoms with Crippen LogP contribution in [0.15, 0.2) is 52.0 Å². The van der Waals surface area contributed by atoms with Crippen LogP contribution in [-0.2, 0) is 9.47 Å². The number of rotatable bonds is 5. The fraction of sp³-hybridized carbons (Fsp3) is 0.280. The lowest BCUT2D eigenvalue weighted by Crippen LogP contribution is -2.34. The molecule has 4 heterocycles. The molecule has 0 aliphatic carbocycles. The molecule has 12 heteroatoms. The minimum atomic E-state index is -0.800. The number of pyridine rings is 3. The number of methoxy groups -OCH3 is 1. The van der Waals surface area contributed by atoms with Gasteiger partial charge in [0, 0.05) is 25.5 Å². The van der Waals surface area contributed by atoms with Crippen molar-refractivity contribution in [1.82, 2.24) is 19.7 Å². The average Bonchev–Trinajstić information content (AvgIpc) is 3.27. The first kappa shape index (κ1) is 25.4. The summed E-state index contributed by atoms with van der Waals surface area (Å²) >= 11 is 0. The molecule has 0 fully saturated rings. The van der Waals surface area contributed by atoms with Crippen molar-refractivity contribution in [3.05, 3.63) is 64.4 Å². The summed E-state index contributed by atoms with van der Waals surface area (Å²) in [5.74, 6) is -0.420. The summed E-state index contributed by atoms with van der Waals surface area (Å²) in [6.07, 6.45) is 2.54. The zero-order chi connectivity index (χ0) is 26.9. The molecule has 4 rings (SSSR count). The first-order chi connectivity index (χ1) is 17.5. The van der Waals surface area contributed by atoms with Gasteiger partial charge in [-0.15, -0.1) is 0 Å². The predicted molar refractivity (Wildman–Crippen MR) is 136 cm³/mol. The van der Waals surface area contributed by atoms with Gasteiger partial charge in [0.15, 0.2) is 5.52 Å². The Morgan fingerprint density at radius 1 is 1.16 bits per heavy atom. The van der Waals surface area contributed by atoms with Crippen molar-refractivity contribution >= 4 is 40.3 Å². The van der Waals surface area contributed by atoms with Crippen LogP contribution in [0.4, 0.5) is 22.0 Å². The van der Waals surface area contributed by atoms with E-state index in [1.807, 2.05) is 13.0 Å². The van der Waals surface area contributed by atoms with Crippen LogP contribution in [0.3, 0.4) is 0 Å². The molecule has 37 heavy (non-hydrogen) atoms. The molecule has 1 amide bonds. The van der Waals surface area contributed by atoms with Gasteiger partial charge in [0.25, 0.3) is 11.3 Å². The van der Waals surface area contributed by atoms with Crippen LogP contribution < -0.4 is 15.8 Å². The van der Waals surface area contributed by atoms with Crippen LogP contribution in [0.1, 0.15) is 36.9 Å². The SMILES string of the molecule is COC(=O)c1onc2c(N(C)C(=O)OC(C)(C)C)cc(Nc3cccn(-c4ncccc4C)c3=O)nc12. The van der Waals surface area contributed by atoms with Gasteiger partial charge in [0.1, 0.15) is 28.4 Å². The van der Waals surface area contributed by atoms with E-state index in [0.717, 1.165) is 5.56 Å².